The second kappa shape index (κ2) is 8.16. The average Bonchev–Trinajstić information content (AvgIpc) is 3.34. The molecule has 0 aliphatic carbocycles. The molecule has 0 aromatic carbocycles. The summed E-state index contributed by atoms with van der Waals surface area (Å²) in [7, 11) is 2.81. The van der Waals surface area contributed by atoms with Crippen molar-refractivity contribution in [2.24, 2.45) is 0 Å². The number of rotatable bonds is 6. The van der Waals surface area contributed by atoms with Gasteiger partial charge in [-0.1, -0.05) is 0 Å². The number of carbonyl (C=O) groups is 2. The molecule has 136 valence electrons. The Morgan fingerprint density at radius 2 is 1.50 bits per heavy atom. The van der Waals surface area contributed by atoms with E-state index < -0.39 is 0 Å². The predicted molar refractivity (Wildman–Crippen MR) is 107 cm³/mol. The fourth-order valence-electron chi connectivity index (χ4n) is 2.64. The maximum atomic E-state index is 11.7. The summed E-state index contributed by atoms with van der Waals surface area (Å²) in [4.78, 5) is 28.9. The fourth-order valence-corrected chi connectivity index (χ4v) is 5.91. The fraction of sp³-hybridized carbons (Fsp3) is 0.263. The number of ether oxygens (including phenoxy) is 2. The van der Waals surface area contributed by atoms with Gasteiger partial charge >= 0.3 is 11.9 Å². The molecule has 0 unspecified atom stereocenters. The molecule has 4 nitrogen and oxygen atoms in total. The molecule has 3 aromatic heterocycles. The minimum absolute atomic E-state index is 0.237. The van der Waals surface area contributed by atoms with Crippen LogP contribution in [0.15, 0.2) is 29.6 Å². The number of carbonyl (C=O) groups excluding carboxylic acids is 2. The van der Waals surface area contributed by atoms with Gasteiger partial charge in [-0.25, -0.2) is 0 Å². The summed E-state index contributed by atoms with van der Waals surface area (Å²) in [5, 5.41) is 1.99. The van der Waals surface area contributed by atoms with Gasteiger partial charge in [-0.15, -0.1) is 34.0 Å². The van der Waals surface area contributed by atoms with E-state index in [0.29, 0.717) is 0 Å². The van der Waals surface area contributed by atoms with Crippen LogP contribution in [0.1, 0.15) is 16.0 Å². The van der Waals surface area contributed by atoms with Gasteiger partial charge in [0, 0.05) is 24.4 Å². The SMILES string of the molecule is COC(=O)Cc1ccsc1-c1ccc(-c2sc(C)cc2CC(=O)OC)s1. The summed E-state index contributed by atoms with van der Waals surface area (Å²) < 4.78 is 9.59. The highest BCUT2D eigenvalue weighted by Crippen LogP contribution is 2.42. The van der Waals surface area contributed by atoms with Crippen molar-refractivity contribution < 1.29 is 19.1 Å². The minimum Gasteiger partial charge on any atom is -0.469 e. The average molecular weight is 407 g/mol. The lowest BCUT2D eigenvalue weighted by Crippen LogP contribution is -2.04. The van der Waals surface area contributed by atoms with Gasteiger partial charge in [-0.2, -0.15) is 0 Å². The molecule has 0 fully saturated rings. The van der Waals surface area contributed by atoms with Crippen molar-refractivity contribution in [3.63, 3.8) is 0 Å². The summed E-state index contributed by atoms with van der Waals surface area (Å²) in [6.07, 6.45) is 0.546. The van der Waals surface area contributed by atoms with Crippen LogP contribution in [0.2, 0.25) is 0 Å². The lowest BCUT2D eigenvalue weighted by Gasteiger charge is -2.02. The number of hydrogen-bond acceptors (Lipinski definition) is 7. The van der Waals surface area contributed by atoms with Gasteiger partial charge in [0.15, 0.2) is 0 Å². The van der Waals surface area contributed by atoms with E-state index in [1.165, 1.54) is 14.2 Å². The smallest absolute Gasteiger partial charge is 0.310 e. The molecule has 7 heteroatoms. The van der Waals surface area contributed by atoms with E-state index >= 15 is 0 Å². The molecule has 0 saturated carbocycles. The van der Waals surface area contributed by atoms with Gasteiger partial charge in [0.25, 0.3) is 0 Å². The van der Waals surface area contributed by atoms with Crippen molar-refractivity contribution in [1.82, 2.24) is 0 Å². The first-order valence-corrected chi connectivity index (χ1v) is 10.4. The molecule has 0 radical (unpaired) electrons. The first kappa shape index (κ1) is 18.8. The van der Waals surface area contributed by atoms with Crippen LogP contribution < -0.4 is 0 Å². The molecule has 0 saturated heterocycles. The highest BCUT2D eigenvalue weighted by Gasteiger charge is 2.17. The first-order valence-electron chi connectivity index (χ1n) is 7.91. The normalized spacial score (nSPS) is 10.7. The summed E-state index contributed by atoms with van der Waals surface area (Å²) in [5.41, 5.74) is 1.97. The van der Waals surface area contributed by atoms with E-state index in [9.17, 15) is 9.59 Å². The van der Waals surface area contributed by atoms with E-state index in [4.69, 9.17) is 9.47 Å². The second-order valence-corrected chi connectivity index (χ2v) is 8.91. The van der Waals surface area contributed by atoms with Crippen LogP contribution in [0, 0.1) is 6.92 Å². The van der Waals surface area contributed by atoms with Crippen LogP contribution in [-0.4, -0.2) is 26.2 Å². The Kier molecular flexibility index (Phi) is 5.90. The third-order valence-corrected chi connectivity index (χ3v) is 7.35. The van der Waals surface area contributed by atoms with Gasteiger partial charge in [0.1, 0.15) is 0 Å². The third-order valence-electron chi connectivity index (χ3n) is 3.86. The maximum absolute atomic E-state index is 11.7. The molecule has 3 heterocycles. The lowest BCUT2D eigenvalue weighted by molar-refractivity contribution is -0.140. The highest BCUT2D eigenvalue weighted by atomic mass is 32.1. The molecule has 0 spiro atoms. The summed E-state index contributed by atoms with van der Waals surface area (Å²) >= 11 is 4.97. The number of thiophene rings is 3. The molecule has 0 aliphatic heterocycles. The van der Waals surface area contributed by atoms with Gasteiger partial charge < -0.3 is 9.47 Å². The van der Waals surface area contributed by atoms with Crippen LogP contribution in [0.4, 0.5) is 0 Å². The van der Waals surface area contributed by atoms with Gasteiger partial charge in [-0.3, -0.25) is 9.59 Å². The van der Waals surface area contributed by atoms with Crippen molar-refractivity contribution in [3.05, 3.63) is 45.6 Å². The molecular weight excluding hydrogens is 388 g/mol. The van der Waals surface area contributed by atoms with Gasteiger partial charge in [0.05, 0.1) is 27.1 Å². The van der Waals surface area contributed by atoms with Crippen LogP contribution >= 0.6 is 34.0 Å². The monoisotopic (exact) mass is 406 g/mol. The highest BCUT2D eigenvalue weighted by molar-refractivity contribution is 7.26. The van der Waals surface area contributed by atoms with Crippen molar-refractivity contribution in [2.75, 3.05) is 14.2 Å². The molecule has 3 aromatic rings. The standard InChI is InChI=1S/C19H18O4S3/c1-11-8-13(10-17(21)23-3)19(25-11)15-5-4-14(26-15)18-12(6-7-24-18)9-16(20)22-2/h4-8H,9-10H2,1-3H3. The van der Waals surface area contributed by atoms with E-state index in [-0.39, 0.29) is 24.8 Å². The van der Waals surface area contributed by atoms with Gasteiger partial charge in [-0.05, 0) is 47.7 Å². The Labute approximate surface area is 164 Å². The Balaban J connectivity index is 1.91. The molecule has 0 aliphatic rings. The number of hydrogen-bond donors (Lipinski definition) is 0. The summed E-state index contributed by atoms with van der Waals surface area (Å²) in [5.74, 6) is -0.477. The Morgan fingerprint density at radius 1 is 0.885 bits per heavy atom. The number of esters is 2. The topological polar surface area (TPSA) is 52.6 Å². The van der Waals surface area contributed by atoms with Crippen molar-refractivity contribution in [1.29, 1.82) is 0 Å². The van der Waals surface area contributed by atoms with Crippen LogP contribution in [0.5, 0.6) is 0 Å². The maximum Gasteiger partial charge on any atom is 0.310 e. The zero-order valence-corrected chi connectivity index (χ0v) is 17.1. The van der Waals surface area contributed by atoms with Crippen molar-refractivity contribution >= 4 is 45.9 Å². The number of methoxy groups -OCH3 is 2. The van der Waals surface area contributed by atoms with Crippen LogP contribution in [-0.2, 0) is 31.9 Å². The molecule has 0 N–H and O–H groups in total. The molecule has 3 rings (SSSR count). The molecule has 26 heavy (non-hydrogen) atoms. The molecule has 0 atom stereocenters. The molecule has 0 amide bonds. The van der Waals surface area contributed by atoms with Crippen molar-refractivity contribution in [2.45, 2.75) is 19.8 Å². The zero-order valence-electron chi connectivity index (χ0n) is 14.7. The van der Waals surface area contributed by atoms with E-state index in [2.05, 4.69) is 12.1 Å². The van der Waals surface area contributed by atoms with E-state index in [1.807, 2.05) is 24.4 Å². The largest absolute Gasteiger partial charge is 0.469 e. The predicted octanol–water partition coefficient (Wildman–Crippen LogP) is 4.94. The minimum atomic E-state index is -0.240. The Bertz CT molecular complexity index is 932. The van der Waals surface area contributed by atoms with E-state index in [0.717, 1.165) is 35.5 Å². The molecular formula is C19H18O4S3. The second-order valence-electron chi connectivity index (χ2n) is 5.66. The quantitative estimate of drug-likeness (QED) is 0.544. The van der Waals surface area contributed by atoms with Crippen LogP contribution in [0.3, 0.4) is 0 Å². The van der Waals surface area contributed by atoms with Gasteiger partial charge in [0.2, 0.25) is 0 Å². The first-order chi connectivity index (χ1) is 12.5. The third kappa shape index (κ3) is 4.06. The zero-order chi connectivity index (χ0) is 18.7. The molecule has 0 bridgehead atoms. The van der Waals surface area contributed by atoms with Crippen LogP contribution in [0.25, 0.3) is 19.5 Å². The van der Waals surface area contributed by atoms with Crippen molar-refractivity contribution in [3.8, 4) is 19.5 Å². The number of aryl methyl sites for hydroxylation is 1. The summed E-state index contributed by atoms with van der Waals surface area (Å²) in [6, 6.07) is 8.16. The summed E-state index contributed by atoms with van der Waals surface area (Å²) in [6.45, 7) is 2.04. The lowest BCUT2D eigenvalue weighted by atomic mass is 10.1. The Morgan fingerprint density at radius 3 is 2.15 bits per heavy atom. The van der Waals surface area contributed by atoms with E-state index in [1.54, 1.807) is 34.0 Å². The Hall–Kier alpha value is -1.96.